The van der Waals surface area contributed by atoms with Crippen LogP contribution in [0.2, 0.25) is 0 Å². The quantitative estimate of drug-likeness (QED) is 0.0419. The van der Waals surface area contributed by atoms with Gasteiger partial charge in [0.1, 0.15) is 5.78 Å². The summed E-state index contributed by atoms with van der Waals surface area (Å²) in [6.45, 7) is 11.6. The summed E-state index contributed by atoms with van der Waals surface area (Å²) in [6.07, 6.45) is 21.4. The van der Waals surface area contributed by atoms with Crippen LogP contribution in [0.1, 0.15) is 136 Å². The van der Waals surface area contributed by atoms with Crippen LogP contribution in [-0.4, -0.2) is 48.4 Å². The number of ether oxygens (including phenoxy) is 1. The Morgan fingerprint density at radius 2 is 1.29 bits per heavy atom. The van der Waals surface area contributed by atoms with E-state index < -0.39 is 26.5 Å². The Kier molecular flexibility index (Phi) is 37.4. The van der Waals surface area contributed by atoms with Gasteiger partial charge in [0.25, 0.3) is 5.97 Å². The van der Waals surface area contributed by atoms with Gasteiger partial charge >= 0.3 is 27.4 Å². The number of rotatable bonds is 26. The van der Waals surface area contributed by atoms with Crippen molar-refractivity contribution in [2.75, 3.05) is 19.8 Å². The summed E-state index contributed by atoms with van der Waals surface area (Å²) in [4.78, 5) is 42.1. The van der Waals surface area contributed by atoms with E-state index in [1.54, 1.807) is 0 Å². The van der Waals surface area contributed by atoms with Gasteiger partial charge in [-0.2, -0.15) is 6.42 Å². The van der Waals surface area contributed by atoms with Crippen LogP contribution in [0, 0.1) is 13.8 Å². The van der Waals surface area contributed by atoms with Crippen LogP contribution >= 0.6 is 7.82 Å². The van der Waals surface area contributed by atoms with Crippen molar-refractivity contribution in [2.45, 2.75) is 142 Å². The van der Waals surface area contributed by atoms with E-state index in [1.165, 1.54) is 104 Å². The van der Waals surface area contributed by atoms with Crippen molar-refractivity contribution in [2.24, 2.45) is 0 Å². The Labute approximate surface area is 263 Å². The molecule has 0 aliphatic carbocycles. The zero-order valence-electron chi connectivity index (χ0n) is 26.3. The summed E-state index contributed by atoms with van der Waals surface area (Å²) < 4.78 is 33.3. The molecule has 0 aromatic rings. The van der Waals surface area contributed by atoms with Gasteiger partial charge in [-0.3, -0.25) is 18.6 Å². The van der Waals surface area contributed by atoms with Crippen LogP contribution in [0.4, 0.5) is 0 Å². The van der Waals surface area contributed by atoms with E-state index in [2.05, 4.69) is 55.5 Å². The monoisotopic (exact) mass is 666 g/mol. The van der Waals surface area contributed by atoms with Gasteiger partial charge in [-0.1, -0.05) is 96.8 Å². The summed E-state index contributed by atoms with van der Waals surface area (Å²) in [7, 11) is -4.31. The molecule has 2 unspecified atom stereocenters. The van der Waals surface area contributed by atoms with Gasteiger partial charge in [0.2, 0.25) is 5.91 Å². The first-order valence-corrected chi connectivity index (χ1v) is 17.3. The molecule has 0 aliphatic rings. The molecule has 0 fully saturated rings. The van der Waals surface area contributed by atoms with Crippen LogP contribution < -0.4 is 5.32 Å². The van der Waals surface area contributed by atoms with Gasteiger partial charge in [-0.15, -0.1) is 0 Å². The number of amides is 1. The zero-order chi connectivity index (χ0) is 32.5. The van der Waals surface area contributed by atoms with Crippen LogP contribution in [-0.2, 0) is 52.3 Å². The summed E-state index contributed by atoms with van der Waals surface area (Å²) in [5.74, 6) is -0.858. The van der Waals surface area contributed by atoms with Crippen molar-refractivity contribution in [3.05, 3.63) is 13.8 Å². The summed E-state index contributed by atoms with van der Waals surface area (Å²) in [6, 6.07) is 0. The number of phosphoric ester groups is 1. The molecule has 253 valence electrons. The molecule has 0 rings (SSSR count). The Bertz CT molecular complexity index is 684. The van der Waals surface area contributed by atoms with E-state index in [9.17, 15) is 23.8 Å². The van der Waals surface area contributed by atoms with Gasteiger partial charge in [0, 0.05) is 32.4 Å². The van der Waals surface area contributed by atoms with Crippen molar-refractivity contribution >= 4 is 25.5 Å². The molecular formula is C30H58CoNO9P-2. The van der Waals surface area contributed by atoms with E-state index in [4.69, 9.17) is 3.87 Å². The second kappa shape index (κ2) is 34.5. The average molecular weight is 667 g/mol. The predicted molar refractivity (Wildman–Crippen MR) is 161 cm³/mol. The molecule has 42 heavy (non-hydrogen) atoms. The number of unbranched alkanes of at least 4 members (excludes halogenated alkanes) is 14. The fourth-order valence-corrected chi connectivity index (χ4v) is 4.54. The van der Waals surface area contributed by atoms with E-state index in [0.29, 0.717) is 12.8 Å². The number of carbonyl (C=O) groups is 3. The van der Waals surface area contributed by atoms with E-state index in [-0.39, 0.29) is 31.3 Å². The number of nitrogens with one attached hydrogen (secondary N) is 1. The van der Waals surface area contributed by atoms with Gasteiger partial charge in [0.15, 0.2) is 0 Å². The number of hydrogen-bond acceptors (Lipinski definition) is 8. The molecule has 0 aliphatic heterocycles. The molecular weight excluding hydrogens is 608 g/mol. The molecule has 0 saturated carbocycles. The first kappa shape index (κ1) is 45.5. The first-order chi connectivity index (χ1) is 20.0. The van der Waals surface area contributed by atoms with Crippen molar-refractivity contribution in [3.8, 4) is 0 Å². The first-order valence-electron chi connectivity index (χ1n) is 15.3. The Balaban J connectivity index is -0.000000711. The van der Waals surface area contributed by atoms with Gasteiger partial charge in [-0.05, 0) is 13.3 Å². The topological polar surface area (TPSA) is 145 Å². The number of ketones is 1. The Hall–Kier alpha value is -0.974. The standard InChI is InChI=1S/C17H35.C13H23NO8P.Co.O/c1-3-5-7-9-11-13-15-17-16-14-12-10-8-6-4-2;1-10(15)5-4-6-13(17)14-7-8-20-23(18,19)21-9-11(2)22-12(3)16;;/h1,3-17H2,2H3;11H,2,4-9H2,1,3H3,(H,14,17)(H,18,19);;/q2*-1;;. The number of esters is 1. The molecule has 0 aromatic carbocycles. The third-order valence-corrected chi connectivity index (χ3v) is 6.96. The van der Waals surface area contributed by atoms with Gasteiger partial charge in [-0.25, -0.2) is 4.57 Å². The normalized spacial score (nSPS) is 12.5. The van der Waals surface area contributed by atoms with Crippen LogP contribution in [0.3, 0.4) is 0 Å². The van der Waals surface area contributed by atoms with Gasteiger partial charge in [0.05, 0.1) is 13.2 Å². The fourth-order valence-electron chi connectivity index (χ4n) is 3.79. The van der Waals surface area contributed by atoms with Crippen LogP contribution in [0.5, 0.6) is 0 Å². The van der Waals surface area contributed by atoms with E-state index in [0.717, 1.165) is 6.42 Å². The third-order valence-electron chi connectivity index (χ3n) is 5.97. The molecule has 10 nitrogen and oxygen atoms in total. The second-order valence-corrected chi connectivity index (χ2v) is 11.6. The molecule has 2 atom stereocenters. The average Bonchev–Trinajstić information content (AvgIpc) is 2.93. The van der Waals surface area contributed by atoms with Crippen molar-refractivity contribution in [3.63, 3.8) is 0 Å². The van der Waals surface area contributed by atoms with Crippen LogP contribution in [0.25, 0.3) is 0 Å². The Morgan fingerprint density at radius 1 is 0.810 bits per heavy atom. The minimum absolute atomic E-state index is 0.0111. The molecule has 0 spiro atoms. The summed E-state index contributed by atoms with van der Waals surface area (Å²) in [5.41, 5.74) is 0. The van der Waals surface area contributed by atoms with E-state index in [1.807, 2.05) is 0 Å². The maximum atomic E-state index is 11.5. The molecule has 2 N–H and O–H groups in total. The molecule has 1 amide bonds. The van der Waals surface area contributed by atoms with Crippen molar-refractivity contribution in [1.29, 1.82) is 0 Å². The maximum absolute atomic E-state index is 11.5. The Morgan fingerprint density at radius 3 is 1.71 bits per heavy atom. The number of hydrogen-bond donors (Lipinski definition) is 2. The minimum atomic E-state index is -4.31. The summed E-state index contributed by atoms with van der Waals surface area (Å²) in [5, 5.41) is 2.48. The number of Topliss-reactive ketones (excluding diaryl/α,β-unsaturated/α-hetero) is 1. The van der Waals surface area contributed by atoms with Crippen LogP contribution in [0.15, 0.2) is 0 Å². The second-order valence-electron chi connectivity index (χ2n) is 10.2. The summed E-state index contributed by atoms with van der Waals surface area (Å²) >= 11 is 2.31. The van der Waals surface area contributed by atoms with Crippen molar-refractivity contribution < 1.29 is 57.2 Å². The molecule has 12 heteroatoms. The molecule has 0 heterocycles. The predicted octanol–water partition coefficient (Wildman–Crippen LogP) is 7.33. The molecule has 0 bridgehead atoms. The van der Waals surface area contributed by atoms with E-state index >= 15 is 0 Å². The zero-order valence-corrected chi connectivity index (χ0v) is 28.3. The molecule has 0 aromatic heterocycles. The van der Waals surface area contributed by atoms with Gasteiger partial charge < -0.3 is 33.6 Å². The number of phosphoric acid groups is 1. The molecule has 0 radical (unpaired) electrons. The third kappa shape index (κ3) is 41.2. The molecule has 0 saturated heterocycles. The SMILES string of the molecule is [CH2-]C(COP(=O)(O)OCCNC(=O)CCCC(C)=O)OC(C)=O.[CH2-]CCCCCCCCCCCCCCCC.[O]=[Co]. The van der Waals surface area contributed by atoms with Crippen molar-refractivity contribution in [1.82, 2.24) is 5.32 Å². The number of carbonyl (C=O) groups excluding carboxylic acids is 3. The fraction of sp³-hybridized carbons (Fsp3) is 0.833.